The predicted octanol–water partition coefficient (Wildman–Crippen LogP) is 2.94. The molecule has 3 heterocycles. The first-order valence-electron chi connectivity index (χ1n) is 8.90. The molecule has 1 aromatic heterocycles. The van der Waals surface area contributed by atoms with E-state index in [0.29, 0.717) is 0 Å². The fourth-order valence-corrected chi connectivity index (χ4v) is 4.62. The van der Waals surface area contributed by atoms with Crippen molar-refractivity contribution in [3.05, 3.63) is 23.9 Å². The largest absolute Gasteiger partial charge is 0.356 e. The lowest BCUT2D eigenvalue weighted by Crippen LogP contribution is -2.50. The molecule has 0 aromatic carbocycles. The lowest BCUT2D eigenvalue weighted by Gasteiger charge is -2.33. The highest BCUT2D eigenvalue weighted by molar-refractivity contribution is 8.00. The number of carbonyl (C=O) groups is 1. The maximum absolute atomic E-state index is 12.1. The van der Waals surface area contributed by atoms with Gasteiger partial charge in [-0.1, -0.05) is 6.07 Å². The first-order chi connectivity index (χ1) is 11.5. The van der Waals surface area contributed by atoms with E-state index in [1.54, 1.807) is 0 Å². The molecule has 2 aliphatic heterocycles. The molecule has 1 atom stereocenters. The van der Waals surface area contributed by atoms with Gasteiger partial charge in [0.05, 0.1) is 0 Å². The van der Waals surface area contributed by atoms with E-state index in [9.17, 15) is 4.79 Å². The van der Waals surface area contributed by atoms with Crippen molar-refractivity contribution in [2.24, 2.45) is 0 Å². The first kappa shape index (κ1) is 17.4. The summed E-state index contributed by atoms with van der Waals surface area (Å²) in [7, 11) is 0. The molecule has 0 spiro atoms. The summed E-state index contributed by atoms with van der Waals surface area (Å²) < 4.78 is 0.220. The molecule has 24 heavy (non-hydrogen) atoms. The van der Waals surface area contributed by atoms with Gasteiger partial charge in [0.1, 0.15) is 5.82 Å². The number of thioether (sulfide) groups is 1. The maximum atomic E-state index is 12.1. The number of hydrogen-bond acceptors (Lipinski definition) is 4. The number of aromatic nitrogens is 1. The molecule has 2 aliphatic rings. The molecule has 0 aliphatic carbocycles. The van der Waals surface area contributed by atoms with E-state index in [4.69, 9.17) is 0 Å². The van der Waals surface area contributed by atoms with Crippen LogP contribution in [0.2, 0.25) is 0 Å². The van der Waals surface area contributed by atoms with Crippen LogP contribution in [0.25, 0.3) is 0 Å². The standard InChI is InChI=1S/C18H28N4OS/c1-14-4-5-16(19-12-14)22-9-6-15(7-10-22)21-17(23)20-13-18(2)8-3-11-24-18/h4-5,12,15H,3,6-11,13H2,1-2H3,(H2,20,21,23)/t18-/m1/s1. The molecule has 0 unspecified atom stereocenters. The molecular formula is C18H28N4OS. The number of amides is 2. The van der Waals surface area contributed by atoms with Gasteiger partial charge in [-0.05, 0) is 56.9 Å². The Morgan fingerprint density at radius 2 is 2.21 bits per heavy atom. The number of rotatable bonds is 4. The highest BCUT2D eigenvalue weighted by Crippen LogP contribution is 2.36. The summed E-state index contributed by atoms with van der Waals surface area (Å²) in [5.74, 6) is 2.25. The summed E-state index contributed by atoms with van der Waals surface area (Å²) in [5.41, 5.74) is 1.18. The number of aryl methyl sites for hydroxylation is 1. The first-order valence-corrected chi connectivity index (χ1v) is 9.89. The third-order valence-corrected chi connectivity index (χ3v) is 6.51. The topological polar surface area (TPSA) is 57.3 Å². The summed E-state index contributed by atoms with van der Waals surface area (Å²) in [5, 5.41) is 6.20. The Morgan fingerprint density at radius 1 is 1.42 bits per heavy atom. The van der Waals surface area contributed by atoms with Crippen LogP contribution in [-0.4, -0.2) is 47.2 Å². The van der Waals surface area contributed by atoms with Crippen LogP contribution in [0.1, 0.15) is 38.2 Å². The van der Waals surface area contributed by atoms with E-state index in [0.717, 1.165) is 38.3 Å². The SMILES string of the molecule is Cc1ccc(N2CCC(NC(=O)NC[C@@]3(C)CCCS3)CC2)nc1. The van der Waals surface area contributed by atoms with Gasteiger partial charge in [-0.15, -0.1) is 0 Å². The average molecular weight is 349 g/mol. The molecule has 0 saturated carbocycles. The van der Waals surface area contributed by atoms with Crippen LogP contribution in [0.5, 0.6) is 0 Å². The number of pyridine rings is 1. The number of carbonyl (C=O) groups excluding carboxylic acids is 1. The summed E-state index contributed by atoms with van der Waals surface area (Å²) in [6, 6.07) is 4.42. The Kier molecular flexibility index (Phi) is 5.54. The fourth-order valence-electron chi connectivity index (χ4n) is 3.38. The van der Waals surface area contributed by atoms with Crippen molar-refractivity contribution in [3.63, 3.8) is 0 Å². The van der Waals surface area contributed by atoms with Crippen molar-refractivity contribution in [1.29, 1.82) is 0 Å². The molecular weight excluding hydrogens is 320 g/mol. The number of piperidine rings is 1. The van der Waals surface area contributed by atoms with Gasteiger partial charge >= 0.3 is 6.03 Å². The van der Waals surface area contributed by atoms with E-state index in [2.05, 4.69) is 46.5 Å². The average Bonchev–Trinajstić information content (AvgIpc) is 3.02. The molecule has 132 valence electrons. The van der Waals surface area contributed by atoms with E-state index in [1.165, 1.54) is 24.2 Å². The van der Waals surface area contributed by atoms with Gasteiger partial charge < -0.3 is 15.5 Å². The number of hydrogen-bond donors (Lipinski definition) is 2. The molecule has 0 bridgehead atoms. The molecule has 2 N–H and O–H groups in total. The number of urea groups is 1. The van der Waals surface area contributed by atoms with Crippen molar-refractivity contribution in [3.8, 4) is 0 Å². The lowest BCUT2D eigenvalue weighted by atomic mass is 10.0. The highest BCUT2D eigenvalue weighted by atomic mass is 32.2. The van der Waals surface area contributed by atoms with Gasteiger partial charge in [0.15, 0.2) is 0 Å². The number of nitrogens with zero attached hydrogens (tertiary/aromatic N) is 2. The van der Waals surface area contributed by atoms with Crippen LogP contribution < -0.4 is 15.5 Å². The van der Waals surface area contributed by atoms with Crippen LogP contribution in [-0.2, 0) is 0 Å². The van der Waals surface area contributed by atoms with Crippen LogP contribution in [0.15, 0.2) is 18.3 Å². The quantitative estimate of drug-likeness (QED) is 0.878. The van der Waals surface area contributed by atoms with Crippen molar-refractivity contribution >= 4 is 23.6 Å². The summed E-state index contributed by atoms with van der Waals surface area (Å²) in [6.45, 7) is 6.94. The molecule has 6 heteroatoms. The van der Waals surface area contributed by atoms with E-state index < -0.39 is 0 Å². The Morgan fingerprint density at radius 3 is 2.83 bits per heavy atom. The molecule has 3 rings (SSSR count). The van der Waals surface area contributed by atoms with E-state index in [1.807, 2.05) is 18.0 Å². The van der Waals surface area contributed by atoms with Gasteiger partial charge in [0, 0.05) is 36.6 Å². The number of nitrogens with one attached hydrogen (secondary N) is 2. The molecule has 5 nitrogen and oxygen atoms in total. The van der Waals surface area contributed by atoms with Gasteiger partial charge in [-0.2, -0.15) is 11.8 Å². The van der Waals surface area contributed by atoms with Crippen LogP contribution in [0.4, 0.5) is 10.6 Å². The fraction of sp³-hybridized carbons (Fsp3) is 0.667. The van der Waals surface area contributed by atoms with Crippen molar-refractivity contribution in [1.82, 2.24) is 15.6 Å². The van der Waals surface area contributed by atoms with Gasteiger partial charge in [0.25, 0.3) is 0 Å². The predicted molar refractivity (Wildman–Crippen MR) is 101 cm³/mol. The second kappa shape index (κ2) is 7.64. The molecule has 2 saturated heterocycles. The van der Waals surface area contributed by atoms with Crippen molar-refractivity contribution < 1.29 is 4.79 Å². The molecule has 2 fully saturated rings. The van der Waals surface area contributed by atoms with E-state index >= 15 is 0 Å². The lowest BCUT2D eigenvalue weighted by molar-refractivity contribution is 0.233. The second-order valence-electron chi connectivity index (χ2n) is 7.18. The summed E-state index contributed by atoms with van der Waals surface area (Å²) in [6.07, 6.45) is 6.30. The van der Waals surface area contributed by atoms with E-state index in [-0.39, 0.29) is 16.8 Å². The zero-order valence-electron chi connectivity index (χ0n) is 14.7. The monoisotopic (exact) mass is 348 g/mol. The Hall–Kier alpha value is -1.43. The summed E-state index contributed by atoms with van der Waals surface area (Å²) >= 11 is 1.98. The van der Waals surface area contributed by atoms with Crippen molar-refractivity contribution in [2.45, 2.75) is 50.3 Å². The Bertz CT molecular complexity index is 549. The Labute approximate surface area is 149 Å². The van der Waals surface area contributed by atoms with Gasteiger partial charge in [-0.25, -0.2) is 9.78 Å². The molecule has 0 radical (unpaired) electrons. The minimum atomic E-state index is -0.0179. The molecule has 1 aromatic rings. The smallest absolute Gasteiger partial charge is 0.315 e. The molecule has 2 amide bonds. The third-order valence-electron chi connectivity index (χ3n) is 4.97. The zero-order valence-corrected chi connectivity index (χ0v) is 15.5. The maximum Gasteiger partial charge on any atom is 0.315 e. The van der Waals surface area contributed by atoms with Gasteiger partial charge in [-0.3, -0.25) is 0 Å². The second-order valence-corrected chi connectivity index (χ2v) is 8.87. The Balaban J connectivity index is 1.40. The zero-order chi connectivity index (χ0) is 17.0. The minimum absolute atomic E-state index is 0.0179. The van der Waals surface area contributed by atoms with Gasteiger partial charge in [0.2, 0.25) is 0 Å². The normalized spacial score (nSPS) is 24.8. The summed E-state index contributed by atoms with van der Waals surface area (Å²) in [4.78, 5) is 18.9. The number of anilines is 1. The highest BCUT2D eigenvalue weighted by Gasteiger charge is 2.30. The van der Waals surface area contributed by atoms with Crippen LogP contribution in [0.3, 0.4) is 0 Å². The van der Waals surface area contributed by atoms with Crippen LogP contribution in [0, 0.1) is 6.92 Å². The van der Waals surface area contributed by atoms with Crippen LogP contribution >= 0.6 is 11.8 Å². The van der Waals surface area contributed by atoms with Crippen molar-refractivity contribution in [2.75, 3.05) is 30.3 Å². The third kappa shape index (κ3) is 4.56. The minimum Gasteiger partial charge on any atom is -0.356 e.